The number of nitrogens with one attached hydrogen (secondary N) is 3. The predicted octanol–water partition coefficient (Wildman–Crippen LogP) is 1.19. The number of carbonyl (C=O) groups is 5. The topological polar surface area (TPSA) is 248 Å². The van der Waals surface area contributed by atoms with E-state index in [4.69, 9.17) is 22.2 Å². The molecule has 0 aromatic heterocycles. The first-order valence-corrected chi connectivity index (χ1v) is 19.4. The van der Waals surface area contributed by atoms with Crippen molar-refractivity contribution in [3.05, 3.63) is 24.3 Å². The van der Waals surface area contributed by atoms with E-state index in [1.165, 1.54) is 0 Å². The molecular formula is C36H56N8O10S2. The molecule has 0 saturated carbocycles. The molecular weight excluding hydrogens is 769 g/mol. The summed E-state index contributed by atoms with van der Waals surface area (Å²) in [4.78, 5) is 67.7. The zero-order valence-electron chi connectivity index (χ0n) is 32.5. The molecule has 1 amide bonds. The van der Waals surface area contributed by atoms with E-state index < -0.39 is 35.5 Å². The lowest BCUT2D eigenvalue weighted by Gasteiger charge is -2.35. The van der Waals surface area contributed by atoms with Crippen LogP contribution in [0.15, 0.2) is 29.2 Å². The van der Waals surface area contributed by atoms with Gasteiger partial charge >= 0.3 is 23.9 Å². The molecule has 312 valence electrons. The second-order valence-electron chi connectivity index (χ2n) is 15.1. The Bertz CT molecular complexity index is 1490. The number of thiocyanates is 1. The van der Waals surface area contributed by atoms with E-state index in [2.05, 4.69) is 16.0 Å². The molecule has 1 aliphatic rings. The quantitative estimate of drug-likeness (QED) is 0.0554. The van der Waals surface area contributed by atoms with Gasteiger partial charge in [-0.2, -0.15) is 5.26 Å². The average Bonchev–Trinajstić information content (AvgIpc) is 3.08. The molecule has 18 nitrogen and oxygen atoms in total. The number of hydrogen-bond acceptors (Lipinski definition) is 13. The summed E-state index contributed by atoms with van der Waals surface area (Å²) in [5.41, 5.74) is -0.349. The van der Waals surface area contributed by atoms with Crippen molar-refractivity contribution in [2.24, 2.45) is 5.41 Å². The molecule has 1 fully saturated rings. The third-order valence-corrected chi connectivity index (χ3v) is 9.60. The van der Waals surface area contributed by atoms with Gasteiger partial charge in [-0.25, -0.2) is 0 Å². The van der Waals surface area contributed by atoms with E-state index in [9.17, 15) is 44.4 Å². The molecule has 7 N–H and O–H groups in total. The highest BCUT2D eigenvalue weighted by Crippen LogP contribution is 2.20. The summed E-state index contributed by atoms with van der Waals surface area (Å²) in [7, 11) is 0. The lowest BCUT2D eigenvalue weighted by Crippen LogP contribution is -2.52. The maximum atomic E-state index is 13.1. The van der Waals surface area contributed by atoms with Crippen molar-refractivity contribution in [3.8, 4) is 5.40 Å². The molecule has 56 heavy (non-hydrogen) atoms. The summed E-state index contributed by atoms with van der Waals surface area (Å²) < 4.78 is 6.00. The van der Waals surface area contributed by atoms with Crippen LogP contribution in [0.4, 0.5) is 5.69 Å². The van der Waals surface area contributed by atoms with E-state index in [0.717, 1.165) is 22.3 Å². The number of amides is 1. The normalized spacial score (nSPS) is 16.3. The molecule has 1 heterocycles. The van der Waals surface area contributed by atoms with Crippen LogP contribution >= 0.6 is 24.0 Å². The van der Waals surface area contributed by atoms with Gasteiger partial charge in [-0.3, -0.25) is 43.6 Å². The van der Waals surface area contributed by atoms with Crippen LogP contribution in [0.25, 0.3) is 0 Å². The Hall–Kier alpha value is -4.10. The van der Waals surface area contributed by atoms with Gasteiger partial charge in [0.1, 0.15) is 11.4 Å². The summed E-state index contributed by atoms with van der Waals surface area (Å²) in [5.74, 6) is -4.80. The van der Waals surface area contributed by atoms with Crippen molar-refractivity contribution in [1.29, 1.82) is 5.26 Å². The first kappa shape index (κ1) is 48.0. The van der Waals surface area contributed by atoms with Gasteiger partial charge in [0.25, 0.3) is 0 Å². The van der Waals surface area contributed by atoms with E-state index in [1.54, 1.807) is 33.4 Å². The number of anilines is 1. The van der Waals surface area contributed by atoms with Crippen LogP contribution in [-0.2, 0) is 28.7 Å². The van der Waals surface area contributed by atoms with Crippen LogP contribution in [0.1, 0.15) is 40.5 Å². The first-order chi connectivity index (χ1) is 26.3. The largest absolute Gasteiger partial charge is 0.480 e. The van der Waals surface area contributed by atoms with E-state index in [-0.39, 0.29) is 103 Å². The lowest BCUT2D eigenvalue weighted by atomic mass is 9.95. The Morgan fingerprint density at radius 1 is 0.821 bits per heavy atom. The van der Waals surface area contributed by atoms with Gasteiger partial charge < -0.3 is 41.1 Å². The Labute approximate surface area is 337 Å². The molecule has 0 aliphatic carbocycles. The number of benzene rings is 1. The van der Waals surface area contributed by atoms with Crippen molar-refractivity contribution in [3.63, 3.8) is 0 Å². The molecule has 0 bridgehead atoms. The van der Waals surface area contributed by atoms with Gasteiger partial charge in [-0.1, -0.05) is 13.8 Å². The third kappa shape index (κ3) is 20.2. The fourth-order valence-electron chi connectivity index (χ4n) is 5.91. The molecule has 1 saturated heterocycles. The molecule has 0 radical (unpaired) electrons. The molecule has 1 aromatic rings. The standard InChI is InChI=1S/C36H56N8O10S2/c1-35(2,22-38-34(55)39-26-5-7-27(8-6-26)56-25-37)23-54-24-36(3,4)40-29(45)10-9-28(33(52)53)44-17-15-42(20-31(48)49)13-11-41(19-30(46)47)12-14-43(16-18-44)21-32(50)51/h5-8,28H,9-24H2,1-4H3,(H,40,45)(H,46,47)(H,48,49)(H,50,51)(H,52,53)(H2,38,39,55). The Morgan fingerprint density at radius 2 is 1.30 bits per heavy atom. The van der Waals surface area contributed by atoms with Crippen molar-refractivity contribution < 1.29 is 49.1 Å². The van der Waals surface area contributed by atoms with Crippen LogP contribution in [-0.4, -0.2) is 178 Å². The highest BCUT2D eigenvalue weighted by Gasteiger charge is 2.30. The second-order valence-corrected chi connectivity index (χ2v) is 16.3. The lowest BCUT2D eigenvalue weighted by molar-refractivity contribution is -0.145. The van der Waals surface area contributed by atoms with Gasteiger partial charge in [0.15, 0.2) is 5.11 Å². The number of nitriles is 1. The maximum absolute atomic E-state index is 13.1. The van der Waals surface area contributed by atoms with Gasteiger partial charge in [0.2, 0.25) is 5.91 Å². The Morgan fingerprint density at radius 3 is 1.75 bits per heavy atom. The zero-order chi connectivity index (χ0) is 41.9. The van der Waals surface area contributed by atoms with Crippen molar-refractivity contribution in [2.45, 2.75) is 57.0 Å². The highest BCUT2D eigenvalue weighted by molar-refractivity contribution is 8.03. The predicted molar refractivity (Wildman–Crippen MR) is 213 cm³/mol. The number of thioether (sulfide) groups is 1. The third-order valence-electron chi connectivity index (χ3n) is 8.76. The number of ether oxygens (including phenoxy) is 1. The van der Waals surface area contributed by atoms with Crippen LogP contribution in [0.3, 0.4) is 0 Å². The van der Waals surface area contributed by atoms with Crippen LogP contribution < -0.4 is 16.0 Å². The molecule has 1 unspecified atom stereocenters. The number of nitrogens with zero attached hydrogens (tertiary/aromatic N) is 5. The smallest absolute Gasteiger partial charge is 0.320 e. The number of carboxylic acid groups (broad SMARTS) is 4. The molecule has 2 rings (SSSR count). The fourth-order valence-corrected chi connectivity index (χ4v) is 6.47. The minimum atomic E-state index is -1.17. The molecule has 1 aliphatic heterocycles. The average molecular weight is 825 g/mol. The van der Waals surface area contributed by atoms with Crippen LogP contribution in [0, 0.1) is 16.1 Å². The monoisotopic (exact) mass is 824 g/mol. The zero-order valence-corrected chi connectivity index (χ0v) is 34.1. The van der Waals surface area contributed by atoms with Gasteiger partial charge in [-0.15, -0.1) is 0 Å². The molecule has 20 heteroatoms. The van der Waals surface area contributed by atoms with Crippen molar-refractivity contribution in [1.82, 2.24) is 30.2 Å². The fraction of sp³-hybridized carbons (Fsp3) is 0.639. The number of carbonyl (C=O) groups excluding carboxylic acids is 1. The number of thiocarbonyl (C=S) groups is 1. The van der Waals surface area contributed by atoms with Crippen LogP contribution in [0.2, 0.25) is 0 Å². The van der Waals surface area contributed by atoms with Crippen LogP contribution in [0.5, 0.6) is 0 Å². The van der Waals surface area contributed by atoms with Gasteiger partial charge in [-0.05, 0) is 68.5 Å². The van der Waals surface area contributed by atoms with E-state index in [0.29, 0.717) is 18.3 Å². The summed E-state index contributed by atoms with van der Waals surface area (Å²) in [6.07, 6.45) is -0.184. The SMILES string of the molecule is CC(C)(CNC(=S)Nc1ccc(SC#N)cc1)COCC(C)(C)NC(=O)CCC(C(=O)O)N1CCN(CC(=O)O)CCN(CC(=O)O)CCN(CC(=O)O)CC1. The number of aliphatic carboxylic acids is 4. The molecule has 0 spiro atoms. The number of rotatable bonds is 20. The number of hydrogen-bond donors (Lipinski definition) is 7. The maximum Gasteiger partial charge on any atom is 0.320 e. The van der Waals surface area contributed by atoms with Gasteiger partial charge in [0, 0.05) is 81.3 Å². The van der Waals surface area contributed by atoms with E-state index >= 15 is 0 Å². The highest BCUT2D eigenvalue weighted by atomic mass is 32.2. The van der Waals surface area contributed by atoms with E-state index in [1.807, 2.05) is 43.5 Å². The summed E-state index contributed by atoms with van der Waals surface area (Å²) >= 11 is 6.50. The summed E-state index contributed by atoms with van der Waals surface area (Å²) in [5, 5.41) is 59.1. The summed E-state index contributed by atoms with van der Waals surface area (Å²) in [6.45, 7) is 8.99. The molecule has 1 atom stereocenters. The van der Waals surface area contributed by atoms with Crippen molar-refractivity contribution in [2.75, 3.05) is 97.1 Å². The number of carboxylic acids is 4. The Balaban J connectivity index is 1.97. The second kappa shape index (κ2) is 23.8. The Kier molecular flexibility index (Phi) is 20.5. The molecule has 1 aromatic carbocycles. The summed E-state index contributed by atoms with van der Waals surface area (Å²) in [6, 6.07) is 6.18. The first-order valence-electron chi connectivity index (χ1n) is 18.2. The minimum Gasteiger partial charge on any atom is -0.480 e. The van der Waals surface area contributed by atoms with Gasteiger partial charge in [0.05, 0.1) is 38.4 Å². The van der Waals surface area contributed by atoms with Crippen molar-refractivity contribution >= 4 is 64.6 Å². The minimum absolute atomic E-state index is 0.0576.